The molecule has 2 N–H and O–H groups in total. The molecule has 1 aliphatic rings. The van der Waals surface area contributed by atoms with E-state index in [4.69, 9.17) is 10.5 Å². The molecule has 1 unspecified atom stereocenters. The highest BCUT2D eigenvalue weighted by Gasteiger charge is 2.43. The number of hydrogen-bond acceptors (Lipinski definition) is 8. The van der Waals surface area contributed by atoms with Gasteiger partial charge in [-0.2, -0.15) is 13.2 Å². The van der Waals surface area contributed by atoms with Crippen molar-refractivity contribution < 1.29 is 41.8 Å². The predicted molar refractivity (Wildman–Crippen MR) is 147 cm³/mol. The van der Waals surface area contributed by atoms with Gasteiger partial charge in [-0.1, -0.05) is 42.2 Å². The van der Waals surface area contributed by atoms with Crippen LogP contribution >= 0.6 is 0 Å². The summed E-state index contributed by atoms with van der Waals surface area (Å²) in [5, 5.41) is 0. The van der Waals surface area contributed by atoms with E-state index in [1.807, 2.05) is 0 Å². The van der Waals surface area contributed by atoms with Gasteiger partial charge in [-0.05, 0) is 35.9 Å². The number of nitrogens with zero attached hydrogens (tertiary/aromatic N) is 3. The highest BCUT2D eigenvalue weighted by molar-refractivity contribution is 6.10. The van der Waals surface area contributed by atoms with Crippen LogP contribution in [0.3, 0.4) is 0 Å². The van der Waals surface area contributed by atoms with Crippen molar-refractivity contribution in [1.82, 2.24) is 9.88 Å². The molecule has 2 aromatic carbocycles. The molecule has 3 aromatic rings. The van der Waals surface area contributed by atoms with Crippen LogP contribution in [0.2, 0.25) is 0 Å². The number of alkyl halides is 3. The second-order valence-electron chi connectivity index (χ2n) is 9.29. The molecule has 43 heavy (non-hydrogen) atoms. The Hall–Kier alpha value is -5.38. The normalized spacial score (nSPS) is 13.8. The maximum absolute atomic E-state index is 13.9. The number of fused-ring (bicyclic) bond motifs is 1. The van der Waals surface area contributed by atoms with Gasteiger partial charge in [0.05, 0.1) is 30.3 Å². The molecule has 0 saturated carbocycles. The quantitative estimate of drug-likeness (QED) is 0.190. The average molecular weight is 595 g/mol. The summed E-state index contributed by atoms with van der Waals surface area (Å²) in [6.45, 7) is -0.274. The lowest BCUT2D eigenvalue weighted by Gasteiger charge is -2.30. The molecule has 0 radical (unpaired) electrons. The van der Waals surface area contributed by atoms with Crippen molar-refractivity contribution in [3.8, 4) is 17.6 Å². The van der Waals surface area contributed by atoms with Crippen molar-refractivity contribution in [2.45, 2.75) is 25.1 Å². The third-order valence-corrected chi connectivity index (χ3v) is 6.40. The van der Waals surface area contributed by atoms with Crippen molar-refractivity contribution in [3.05, 3.63) is 83.6 Å². The number of carbonyl (C=O) groups is 4. The Morgan fingerprint density at radius 3 is 2.53 bits per heavy atom. The van der Waals surface area contributed by atoms with E-state index < -0.39 is 48.9 Å². The lowest BCUT2D eigenvalue weighted by molar-refractivity contribution is -0.202. The van der Waals surface area contributed by atoms with Gasteiger partial charge >= 0.3 is 18.1 Å². The molecule has 2 heterocycles. The minimum absolute atomic E-state index is 0.0835. The van der Waals surface area contributed by atoms with Gasteiger partial charge in [0.15, 0.2) is 11.6 Å². The fraction of sp³-hybridized carbons (Fsp3) is 0.233. The van der Waals surface area contributed by atoms with E-state index >= 15 is 0 Å². The van der Waals surface area contributed by atoms with E-state index in [-0.39, 0.29) is 23.7 Å². The number of halogens is 3. The summed E-state index contributed by atoms with van der Waals surface area (Å²) in [5.74, 6) is 1.17. The SMILES string of the molecule is CN1C(=O)CN(C(CC(=O)OC(=O)C(F)(F)F)c2ccccc2)C(=O)c2cc(C#CCCOc3cccnc3N)ccc21. The van der Waals surface area contributed by atoms with E-state index in [9.17, 15) is 32.3 Å². The van der Waals surface area contributed by atoms with Crippen LogP contribution in [-0.4, -0.2) is 60.0 Å². The summed E-state index contributed by atoms with van der Waals surface area (Å²) in [4.78, 5) is 56.9. The summed E-state index contributed by atoms with van der Waals surface area (Å²) >= 11 is 0. The molecule has 10 nitrogen and oxygen atoms in total. The summed E-state index contributed by atoms with van der Waals surface area (Å²) < 4.78 is 47.6. The number of rotatable bonds is 7. The van der Waals surface area contributed by atoms with E-state index in [2.05, 4.69) is 21.6 Å². The number of amides is 2. The Kier molecular flexibility index (Phi) is 9.29. The van der Waals surface area contributed by atoms with Gasteiger partial charge in [0.2, 0.25) is 5.91 Å². The van der Waals surface area contributed by atoms with Gasteiger partial charge in [0.1, 0.15) is 6.54 Å². The first-order valence-corrected chi connectivity index (χ1v) is 12.9. The highest BCUT2D eigenvalue weighted by atomic mass is 19.4. The van der Waals surface area contributed by atoms with Gasteiger partial charge in [-0.15, -0.1) is 0 Å². The molecule has 13 heteroatoms. The molecule has 4 rings (SSSR count). The lowest BCUT2D eigenvalue weighted by Crippen LogP contribution is -2.41. The lowest BCUT2D eigenvalue weighted by atomic mass is 10.00. The maximum Gasteiger partial charge on any atom is 0.491 e. The first kappa shape index (κ1) is 30.6. The van der Waals surface area contributed by atoms with E-state index in [0.29, 0.717) is 23.3 Å². The van der Waals surface area contributed by atoms with Gasteiger partial charge in [-0.25, -0.2) is 9.78 Å². The first-order valence-electron chi connectivity index (χ1n) is 12.9. The number of benzene rings is 2. The third kappa shape index (κ3) is 7.48. The van der Waals surface area contributed by atoms with Crippen molar-refractivity contribution in [2.75, 3.05) is 30.8 Å². The zero-order chi connectivity index (χ0) is 31.1. The molecule has 1 aromatic heterocycles. The highest BCUT2D eigenvalue weighted by Crippen LogP contribution is 2.33. The zero-order valence-corrected chi connectivity index (χ0v) is 22.8. The Morgan fingerprint density at radius 1 is 1.09 bits per heavy atom. The molecule has 0 aliphatic carbocycles. The zero-order valence-electron chi connectivity index (χ0n) is 22.8. The van der Waals surface area contributed by atoms with Gasteiger partial charge in [0, 0.05) is 25.2 Å². The molecule has 2 amide bonds. The Bertz CT molecular complexity index is 1600. The first-order chi connectivity index (χ1) is 20.5. The average Bonchev–Trinajstić information content (AvgIpc) is 3.06. The van der Waals surface area contributed by atoms with Crippen LogP contribution in [0, 0.1) is 11.8 Å². The fourth-order valence-corrected chi connectivity index (χ4v) is 4.29. The van der Waals surface area contributed by atoms with Crippen LogP contribution in [0.15, 0.2) is 66.9 Å². The van der Waals surface area contributed by atoms with E-state index in [0.717, 1.165) is 4.90 Å². The number of carbonyl (C=O) groups excluding carboxylic acids is 4. The second-order valence-corrected chi connectivity index (χ2v) is 9.29. The van der Waals surface area contributed by atoms with Crippen LogP contribution in [0.4, 0.5) is 24.7 Å². The molecule has 222 valence electrons. The second kappa shape index (κ2) is 13.1. The largest absolute Gasteiger partial charge is 0.491 e. The molecular formula is C30H25F3N4O6. The molecule has 0 bridgehead atoms. The maximum atomic E-state index is 13.9. The van der Waals surface area contributed by atoms with Crippen LogP contribution in [0.1, 0.15) is 40.4 Å². The third-order valence-electron chi connectivity index (χ3n) is 6.40. The smallest absolute Gasteiger partial charge is 0.489 e. The van der Waals surface area contributed by atoms with Gasteiger partial charge < -0.3 is 25.0 Å². The number of pyridine rings is 1. The van der Waals surface area contributed by atoms with Crippen LogP contribution in [0.5, 0.6) is 5.75 Å². The van der Waals surface area contributed by atoms with Crippen LogP contribution in [-0.2, 0) is 19.1 Å². The molecule has 1 aliphatic heterocycles. The van der Waals surface area contributed by atoms with Crippen molar-refractivity contribution in [3.63, 3.8) is 0 Å². The number of esters is 2. The molecule has 0 fully saturated rings. The summed E-state index contributed by atoms with van der Waals surface area (Å²) in [7, 11) is 1.47. The molecular weight excluding hydrogens is 569 g/mol. The number of nitrogen functional groups attached to an aromatic ring is 1. The van der Waals surface area contributed by atoms with Crippen molar-refractivity contribution >= 4 is 35.3 Å². The number of nitrogens with two attached hydrogens (primary N) is 1. The summed E-state index contributed by atoms with van der Waals surface area (Å²) in [5.41, 5.74) is 6.90. The Balaban J connectivity index is 1.59. The van der Waals surface area contributed by atoms with Gasteiger partial charge in [-0.3, -0.25) is 14.4 Å². The monoisotopic (exact) mass is 594 g/mol. The number of anilines is 2. The molecule has 1 atom stereocenters. The minimum Gasteiger partial charge on any atom is -0.489 e. The minimum atomic E-state index is -5.39. The van der Waals surface area contributed by atoms with Crippen molar-refractivity contribution in [1.29, 1.82) is 0 Å². The van der Waals surface area contributed by atoms with E-state index in [1.54, 1.807) is 54.6 Å². The number of hydrogen-bond donors (Lipinski definition) is 1. The fourth-order valence-electron chi connectivity index (χ4n) is 4.29. The predicted octanol–water partition coefficient (Wildman–Crippen LogP) is 3.67. The number of aromatic nitrogens is 1. The number of likely N-dealkylation sites (N-methyl/N-ethyl adjacent to an activating group) is 1. The van der Waals surface area contributed by atoms with Crippen molar-refractivity contribution in [2.24, 2.45) is 0 Å². The molecule has 0 saturated heterocycles. The molecule has 0 spiro atoms. The Labute approximate surface area is 244 Å². The number of ether oxygens (including phenoxy) is 2. The summed E-state index contributed by atoms with van der Waals surface area (Å²) in [6.07, 6.45) is -4.34. The van der Waals surface area contributed by atoms with Crippen LogP contribution < -0.4 is 15.4 Å². The standard InChI is InChI=1S/C30H25F3N4O6/c1-36-22-13-12-19(8-5-6-15-42-24-11-7-14-35-27(24)34)16-21(22)28(40)37(18-25(36)38)23(20-9-3-2-4-10-20)17-26(39)43-29(41)30(31,32)33/h2-4,7,9-14,16,23H,6,15,17-18H2,1H3,(H2,34,35). The van der Waals surface area contributed by atoms with E-state index in [1.165, 1.54) is 24.2 Å². The summed E-state index contributed by atoms with van der Waals surface area (Å²) in [6, 6.07) is 14.7. The Morgan fingerprint density at radius 2 is 1.84 bits per heavy atom. The van der Waals surface area contributed by atoms with Gasteiger partial charge in [0.25, 0.3) is 5.91 Å². The topological polar surface area (TPSA) is 132 Å². The van der Waals surface area contributed by atoms with Crippen LogP contribution in [0.25, 0.3) is 0 Å².